The van der Waals surface area contributed by atoms with Gasteiger partial charge < -0.3 is 9.64 Å². The van der Waals surface area contributed by atoms with Crippen molar-refractivity contribution in [3.63, 3.8) is 0 Å². The highest BCUT2D eigenvalue weighted by atomic mass is 16.5. The maximum absolute atomic E-state index is 5.19. The Labute approximate surface area is 161 Å². The van der Waals surface area contributed by atoms with Crippen LogP contribution in [0.5, 0.6) is 0 Å². The first kappa shape index (κ1) is 18.3. The van der Waals surface area contributed by atoms with Crippen LogP contribution in [-0.4, -0.2) is 42.8 Å². The maximum atomic E-state index is 5.19. The first-order valence-electron chi connectivity index (χ1n) is 9.90. The van der Waals surface area contributed by atoms with Gasteiger partial charge in [-0.05, 0) is 36.7 Å². The molecule has 2 aliphatic heterocycles. The smallest absolute Gasteiger partial charge is 0.132 e. The predicted octanol–water partition coefficient (Wildman–Crippen LogP) is 2.17. The number of hydrogen-bond donors (Lipinski definition) is 2. The highest BCUT2D eigenvalue weighted by molar-refractivity contribution is 5.39. The lowest BCUT2D eigenvalue weighted by Gasteiger charge is -2.37. The van der Waals surface area contributed by atoms with Crippen LogP contribution >= 0.6 is 0 Å². The Hall–Kier alpha value is -2.02. The van der Waals surface area contributed by atoms with E-state index in [2.05, 4.69) is 62.1 Å². The number of hydrazine groups is 1. The molecule has 2 aliphatic rings. The SMILES string of the molecule is COCc1cc(N2CCC(C3NNCC3Cc3ccccc3)CC2)ncn1. The van der Waals surface area contributed by atoms with Gasteiger partial charge in [-0.2, -0.15) is 0 Å². The van der Waals surface area contributed by atoms with Gasteiger partial charge in [0.15, 0.2) is 0 Å². The van der Waals surface area contributed by atoms with Gasteiger partial charge in [-0.3, -0.25) is 10.9 Å². The Morgan fingerprint density at radius 3 is 2.74 bits per heavy atom. The quantitative estimate of drug-likeness (QED) is 0.816. The van der Waals surface area contributed by atoms with Gasteiger partial charge in [0.05, 0.1) is 12.3 Å². The summed E-state index contributed by atoms with van der Waals surface area (Å²) in [7, 11) is 1.70. The number of benzene rings is 1. The number of anilines is 1. The second kappa shape index (κ2) is 8.78. The van der Waals surface area contributed by atoms with Crippen LogP contribution in [0.3, 0.4) is 0 Å². The van der Waals surface area contributed by atoms with Gasteiger partial charge in [-0.25, -0.2) is 9.97 Å². The fourth-order valence-corrected chi connectivity index (χ4v) is 4.44. The summed E-state index contributed by atoms with van der Waals surface area (Å²) in [5.74, 6) is 2.37. The Morgan fingerprint density at radius 2 is 1.96 bits per heavy atom. The summed E-state index contributed by atoms with van der Waals surface area (Å²) in [6, 6.07) is 13.4. The van der Waals surface area contributed by atoms with Crippen molar-refractivity contribution in [1.82, 2.24) is 20.8 Å². The van der Waals surface area contributed by atoms with Crippen molar-refractivity contribution < 1.29 is 4.74 Å². The second-order valence-corrected chi connectivity index (χ2v) is 7.63. The summed E-state index contributed by atoms with van der Waals surface area (Å²) in [4.78, 5) is 11.1. The van der Waals surface area contributed by atoms with Gasteiger partial charge in [-0.1, -0.05) is 30.3 Å². The number of hydrogen-bond acceptors (Lipinski definition) is 6. The normalized spacial score (nSPS) is 23.7. The molecule has 0 radical (unpaired) electrons. The number of rotatable bonds is 6. The molecular weight excluding hydrogens is 338 g/mol. The molecule has 3 heterocycles. The van der Waals surface area contributed by atoms with Crippen LogP contribution in [0.2, 0.25) is 0 Å². The monoisotopic (exact) mass is 367 g/mol. The topological polar surface area (TPSA) is 62.3 Å². The molecular formula is C21H29N5O. The van der Waals surface area contributed by atoms with E-state index in [1.807, 2.05) is 0 Å². The maximum Gasteiger partial charge on any atom is 0.132 e. The summed E-state index contributed by atoms with van der Waals surface area (Å²) in [5.41, 5.74) is 9.34. The van der Waals surface area contributed by atoms with Crippen molar-refractivity contribution in [2.24, 2.45) is 11.8 Å². The lowest BCUT2D eigenvalue weighted by atomic mass is 9.81. The number of piperidine rings is 1. The van der Waals surface area contributed by atoms with Crippen molar-refractivity contribution in [3.8, 4) is 0 Å². The Bertz CT molecular complexity index is 718. The molecule has 0 amide bonds. The van der Waals surface area contributed by atoms with Crippen LogP contribution in [0, 0.1) is 11.8 Å². The van der Waals surface area contributed by atoms with Gasteiger partial charge in [0.2, 0.25) is 0 Å². The molecule has 2 saturated heterocycles. The molecule has 27 heavy (non-hydrogen) atoms. The standard InChI is InChI=1S/C21H29N5O/c1-27-14-19-12-20(23-15-22-19)26-9-7-17(8-10-26)21-18(13-24-25-21)11-16-5-3-2-4-6-16/h2-6,12,15,17-18,21,24-25H,7-11,13-14H2,1H3. The molecule has 0 bridgehead atoms. The van der Waals surface area contributed by atoms with Crippen LogP contribution in [-0.2, 0) is 17.8 Å². The molecule has 1 aromatic carbocycles. The summed E-state index contributed by atoms with van der Waals surface area (Å²) >= 11 is 0. The van der Waals surface area contributed by atoms with Crippen LogP contribution < -0.4 is 15.8 Å². The van der Waals surface area contributed by atoms with Crippen molar-refractivity contribution in [3.05, 3.63) is 54.0 Å². The van der Waals surface area contributed by atoms with Gasteiger partial charge in [-0.15, -0.1) is 0 Å². The van der Waals surface area contributed by atoms with Gasteiger partial charge in [0.1, 0.15) is 12.1 Å². The molecule has 0 aliphatic carbocycles. The molecule has 0 spiro atoms. The molecule has 0 saturated carbocycles. The van der Waals surface area contributed by atoms with Gasteiger partial charge in [0, 0.05) is 38.9 Å². The molecule has 2 N–H and O–H groups in total. The van der Waals surface area contributed by atoms with Crippen molar-refractivity contribution in [2.75, 3.05) is 31.6 Å². The molecule has 6 heteroatoms. The minimum Gasteiger partial charge on any atom is -0.378 e. The Morgan fingerprint density at radius 1 is 1.15 bits per heavy atom. The summed E-state index contributed by atoms with van der Waals surface area (Å²) < 4.78 is 5.19. The van der Waals surface area contributed by atoms with E-state index >= 15 is 0 Å². The van der Waals surface area contributed by atoms with E-state index in [9.17, 15) is 0 Å². The van der Waals surface area contributed by atoms with E-state index in [1.165, 1.54) is 18.4 Å². The molecule has 4 rings (SSSR count). The van der Waals surface area contributed by atoms with Crippen molar-refractivity contribution >= 4 is 5.82 Å². The molecule has 144 valence electrons. The van der Waals surface area contributed by atoms with Gasteiger partial charge in [0.25, 0.3) is 0 Å². The molecule has 2 unspecified atom stereocenters. The third-order valence-corrected chi connectivity index (χ3v) is 5.85. The summed E-state index contributed by atoms with van der Waals surface area (Å²) in [6.45, 7) is 3.67. The van der Waals surface area contributed by atoms with E-state index in [-0.39, 0.29) is 0 Å². The number of nitrogens with zero attached hydrogens (tertiary/aromatic N) is 3. The number of nitrogens with one attached hydrogen (secondary N) is 2. The minimum atomic E-state index is 0.533. The average molecular weight is 367 g/mol. The predicted molar refractivity (Wildman–Crippen MR) is 106 cm³/mol. The third-order valence-electron chi connectivity index (χ3n) is 5.85. The van der Waals surface area contributed by atoms with E-state index in [1.54, 1.807) is 13.4 Å². The lowest BCUT2D eigenvalue weighted by Crippen LogP contribution is -2.45. The first-order chi connectivity index (χ1) is 13.3. The Balaban J connectivity index is 1.35. The lowest BCUT2D eigenvalue weighted by molar-refractivity contribution is 0.181. The van der Waals surface area contributed by atoms with Crippen LogP contribution in [0.4, 0.5) is 5.82 Å². The molecule has 6 nitrogen and oxygen atoms in total. The molecule has 2 fully saturated rings. The number of ether oxygens (including phenoxy) is 1. The Kier molecular flexibility index (Phi) is 5.97. The van der Waals surface area contributed by atoms with Gasteiger partial charge >= 0.3 is 0 Å². The van der Waals surface area contributed by atoms with E-state index < -0.39 is 0 Å². The fraction of sp³-hybridized carbons (Fsp3) is 0.524. The third kappa shape index (κ3) is 4.46. The molecule has 1 aromatic heterocycles. The van der Waals surface area contributed by atoms with E-state index in [4.69, 9.17) is 4.74 Å². The summed E-state index contributed by atoms with van der Waals surface area (Å²) in [6.07, 6.45) is 5.16. The van der Waals surface area contributed by atoms with Crippen LogP contribution in [0.1, 0.15) is 24.1 Å². The van der Waals surface area contributed by atoms with Crippen molar-refractivity contribution in [2.45, 2.75) is 31.9 Å². The second-order valence-electron chi connectivity index (χ2n) is 7.63. The average Bonchev–Trinajstić information content (AvgIpc) is 3.17. The fourth-order valence-electron chi connectivity index (χ4n) is 4.44. The van der Waals surface area contributed by atoms with Crippen molar-refractivity contribution in [1.29, 1.82) is 0 Å². The molecule has 2 atom stereocenters. The summed E-state index contributed by atoms with van der Waals surface area (Å²) in [5, 5.41) is 0. The number of aromatic nitrogens is 2. The minimum absolute atomic E-state index is 0.533. The highest BCUT2D eigenvalue weighted by Crippen LogP contribution is 2.30. The first-order valence-corrected chi connectivity index (χ1v) is 9.90. The zero-order chi connectivity index (χ0) is 18.5. The highest BCUT2D eigenvalue weighted by Gasteiger charge is 2.35. The largest absolute Gasteiger partial charge is 0.378 e. The molecule has 2 aromatic rings. The zero-order valence-corrected chi connectivity index (χ0v) is 16.0. The van der Waals surface area contributed by atoms with Crippen LogP contribution in [0.15, 0.2) is 42.7 Å². The van der Waals surface area contributed by atoms with E-state index in [0.29, 0.717) is 24.5 Å². The number of methoxy groups -OCH3 is 1. The zero-order valence-electron chi connectivity index (χ0n) is 16.0. The van der Waals surface area contributed by atoms with E-state index in [0.717, 1.165) is 37.6 Å². The van der Waals surface area contributed by atoms with Crippen LogP contribution in [0.25, 0.3) is 0 Å².